The molecule has 0 bridgehead atoms. The highest BCUT2D eigenvalue weighted by molar-refractivity contribution is 5.69. The number of nitrogens with zero attached hydrogens (tertiary/aromatic N) is 2. The Hall–Kier alpha value is -1.55. The van der Waals surface area contributed by atoms with Gasteiger partial charge in [-0.25, -0.2) is 4.79 Å². The van der Waals surface area contributed by atoms with Crippen molar-refractivity contribution in [2.24, 2.45) is 0 Å². The van der Waals surface area contributed by atoms with Crippen LogP contribution in [0.15, 0.2) is 30.3 Å². The fourth-order valence-electron chi connectivity index (χ4n) is 3.26. The molecule has 1 amide bonds. The summed E-state index contributed by atoms with van der Waals surface area (Å²) >= 11 is 0. The molecule has 0 aromatic heterocycles. The van der Waals surface area contributed by atoms with Crippen molar-refractivity contribution in [3.8, 4) is 0 Å². The number of amides is 1. The van der Waals surface area contributed by atoms with Crippen LogP contribution in [0.5, 0.6) is 0 Å². The molecular formula is C15H20N2O2. The van der Waals surface area contributed by atoms with Gasteiger partial charge in [-0.1, -0.05) is 30.3 Å². The van der Waals surface area contributed by atoms with Gasteiger partial charge < -0.3 is 4.74 Å². The molecule has 0 aliphatic carbocycles. The van der Waals surface area contributed by atoms with Crippen LogP contribution < -0.4 is 0 Å². The molecule has 2 aliphatic heterocycles. The minimum atomic E-state index is -0.189. The van der Waals surface area contributed by atoms with Crippen LogP contribution in [0, 0.1) is 0 Å². The molecule has 2 atom stereocenters. The van der Waals surface area contributed by atoms with Crippen LogP contribution in [-0.4, -0.2) is 41.6 Å². The number of carbonyl (C=O) groups is 1. The largest absolute Gasteiger partial charge is 0.450 e. The van der Waals surface area contributed by atoms with Gasteiger partial charge in [0.2, 0.25) is 0 Å². The quantitative estimate of drug-likeness (QED) is 0.819. The molecule has 4 nitrogen and oxygen atoms in total. The molecule has 0 N–H and O–H groups in total. The van der Waals surface area contributed by atoms with Crippen LogP contribution in [0.4, 0.5) is 4.79 Å². The summed E-state index contributed by atoms with van der Waals surface area (Å²) in [6.07, 6.45) is 2.27. The standard InChI is InChI=1S/C15H20N2O2/c1-2-19-15(18)17-11-13-9-6-10-16(13)14(17)12-7-4-3-5-8-12/h3-5,7-8,13-14H,2,6,9-11H2,1H3. The van der Waals surface area contributed by atoms with Crippen LogP contribution in [0.25, 0.3) is 0 Å². The Kier molecular flexibility index (Phi) is 3.42. The second-order valence-corrected chi connectivity index (χ2v) is 5.17. The highest BCUT2D eigenvalue weighted by Crippen LogP contribution is 2.38. The zero-order valence-electron chi connectivity index (χ0n) is 11.3. The summed E-state index contributed by atoms with van der Waals surface area (Å²) in [7, 11) is 0. The van der Waals surface area contributed by atoms with Crippen molar-refractivity contribution >= 4 is 6.09 Å². The lowest BCUT2D eigenvalue weighted by Gasteiger charge is -2.29. The Bertz CT molecular complexity index is 449. The lowest BCUT2D eigenvalue weighted by molar-refractivity contribution is 0.0808. The molecule has 2 aliphatic rings. The third kappa shape index (κ3) is 2.21. The van der Waals surface area contributed by atoms with Gasteiger partial charge in [-0.15, -0.1) is 0 Å². The van der Waals surface area contributed by atoms with E-state index in [1.54, 1.807) is 0 Å². The van der Waals surface area contributed by atoms with Crippen molar-refractivity contribution in [1.82, 2.24) is 9.80 Å². The number of hydrogen-bond acceptors (Lipinski definition) is 3. The van der Waals surface area contributed by atoms with Crippen LogP contribution >= 0.6 is 0 Å². The summed E-state index contributed by atoms with van der Waals surface area (Å²) in [5.74, 6) is 0. The topological polar surface area (TPSA) is 32.8 Å². The van der Waals surface area contributed by atoms with Crippen LogP contribution in [0.1, 0.15) is 31.5 Å². The molecule has 3 rings (SSSR count). The first-order valence-corrected chi connectivity index (χ1v) is 7.05. The van der Waals surface area contributed by atoms with Crippen molar-refractivity contribution in [2.75, 3.05) is 19.7 Å². The Morgan fingerprint density at radius 1 is 1.37 bits per heavy atom. The van der Waals surface area contributed by atoms with Gasteiger partial charge in [-0.2, -0.15) is 0 Å². The van der Waals surface area contributed by atoms with E-state index in [1.807, 2.05) is 30.0 Å². The third-order valence-electron chi connectivity index (χ3n) is 4.04. The number of rotatable bonds is 2. The summed E-state index contributed by atoms with van der Waals surface area (Å²) < 4.78 is 5.20. The molecule has 2 heterocycles. The summed E-state index contributed by atoms with van der Waals surface area (Å²) in [4.78, 5) is 16.5. The maximum absolute atomic E-state index is 12.1. The predicted molar refractivity (Wildman–Crippen MR) is 72.6 cm³/mol. The molecule has 19 heavy (non-hydrogen) atoms. The molecular weight excluding hydrogens is 240 g/mol. The van der Waals surface area contributed by atoms with Crippen molar-refractivity contribution in [1.29, 1.82) is 0 Å². The van der Waals surface area contributed by atoms with E-state index in [0.29, 0.717) is 12.6 Å². The average Bonchev–Trinajstić information content (AvgIpc) is 2.99. The second kappa shape index (κ2) is 5.21. The number of benzene rings is 1. The van der Waals surface area contributed by atoms with Gasteiger partial charge in [0.05, 0.1) is 6.61 Å². The Morgan fingerprint density at radius 3 is 2.89 bits per heavy atom. The van der Waals surface area contributed by atoms with E-state index >= 15 is 0 Å². The minimum Gasteiger partial charge on any atom is -0.450 e. The van der Waals surface area contributed by atoms with Crippen LogP contribution in [0.2, 0.25) is 0 Å². The van der Waals surface area contributed by atoms with E-state index in [0.717, 1.165) is 13.1 Å². The lowest BCUT2D eigenvalue weighted by atomic mass is 10.1. The smallest absolute Gasteiger partial charge is 0.411 e. The molecule has 4 heteroatoms. The average molecular weight is 260 g/mol. The molecule has 2 unspecified atom stereocenters. The van der Waals surface area contributed by atoms with E-state index in [9.17, 15) is 4.79 Å². The SMILES string of the molecule is CCOC(=O)N1CC2CCCN2C1c1ccccc1. The zero-order valence-corrected chi connectivity index (χ0v) is 11.3. The fraction of sp³-hybridized carbons (Fsp3) is 0.533. The molecule has 102 valence electrons. The van der Waals surface area contributed by atoms with Crippen molar-refractivity contribution in [3.63, 3.8) is 0 Å². The van der Waals surface area contributed by atoms with Gasteiger partial charge in [-0.05, 0) is 25.3 Å². The lowest BCUT2D eigenvalue weighted by Crippen LogP contribution is -2.35. The Balaban J connectivity index is 1.89. The molecule has 0 saturated carbocycles. The normalized spacial score (nSPS) is 26.5. The van der Waals surface area contributed by atoms with Crippen LogP contribution in [0.3, 0.4) is 0 Å². The van der Waals surface area contributed by atoms with E-state index in [4.69, 9.17) is 4.74 Å². The first-order chi connectivity index (χ1) is 9.31. The molecule has 2 fully saturated rings. The molecule has 1 aromatic rings. The summed E-state index contributed by atoms with van der Waals surface area (Å²) in [6.45, 7) is 4.15. The summed E-state index contributed by atoms with van der Waals surface area (Å²) in [6, 6.07) is 10.8. The van der Waals surface area contributed by atoms with E-state index in [-0.39, 0.29) is 12.3 Å². The molecule has 0 radical (unpaired) electrons. The molecule has 2 saturated heterocycles. The second-order valence-electron chi connectivity index (χ2n) is 5.17. The Labute approximate surface area is 113 Å². The van der Waals surface area contributed by atoms with E-state index < -0.39 is 0 Å². The highest BCUT2D eigenvalue weighted by Gasteiger charge is 2.45. The maximum Gasteiger partial charge on any atom is 0.411 e. The Morgan fingerprint density at radius 2 is 2.16 bits per heavy atom. The van der Waals surface area contributed by atoms with E-state index in [1.165, 1.54) is 18.4 Å². The third-order valence-corrected chi connectivity index (χ3v) is 4.04. The van der Waals surface area contributed by atoms with Crippen molar-refractivity contribution in [2.45, 2.75) is 32.0 Å². The molecule has 0 spiro atoms. The predicted octanol–water partition coefficient (Wildman–Crippen LogP) is 2.62. The maximum atomic E-state index is 12.1. The van der Waals surface area contributed by atoms with E-state index in [2.05, 4.69) is 17.0 Å². The number of hydrogen-bond donors (Lipinski definition) is 0. The highest BCUT2D eigenvalue weighted by atomic mass is 16.6. The van der Waals surface area contributed by atoms with Crippen molar-refractivity contribution in [3.05, 3.63) is 35.9 Å². The van der Waals surface area contributed by atoms with Crippen LogP contribution in [-0.2, 0) is 4.74 Å². The number of carbonyl (C=O) groups excluding carboxylic acids is 1. The summed E-state index contributed by atoms with van der Waals surface area (Å²) in [5, 5.41) is 0. The fourth-order valence-corrected chi connectivity index (χ4v) is 3.26. The van der Waals surface area contributed by atoms with Gasteiger partial charge in [-0.3, -0.25) is 9.80 Å². The van der Waals surface area contributed by atoms with Gasteiger partial charge >= 0.3 is 6.09 Å². The monoisotopic (exact) mass is 260 g/mol. The van der Waals surface area contributed by atoms with Gasteiger partial charge in [0.1, 0.15) is 6.17 Å². The van der Waals surface area contributed by atoms with Gasteiger partial charge in [0.15, 0.2) is 0 Å². The first kappa shape index (κ1) is 12.5. The zero-order chi connectivity index (χ0) is 13.2. The first-order valence-electron chi connectivity index (χ1n) is 7.05. The van der Waals surface area contributed by atoms with Crippen molar-refractivity contribution < 1.29 is 9.53 Å². The molecule has 1 aromatic carbocycles. The minimum absolute atomic E-state index is 0.0488. The van der Waals surface area contributed by atoms with Gasteiger partial charge in [0, 0.05) is 19.1 Å². The summed E-state index contributed by atoms with van der Waals surface area (Å²) in [5.41, 5.74) is 1.18. The number of fused-ring (bicyclic) bond motifs is 1. The number of ether oxygens (including phenoxy) is 1. The van der Waals surface area contributed by atoms with Gasteiger partial charge in [0.25, 0.3) is 0 Å².